The molecule has 74 valence electrons. The van der Waals surface area contributed by atoms with Crippen LogP contribution >= 0.6 is 31.9 Å². The molecule has 2 aromatic rings. The lowest BCUT2D eigenvalue weighted by atomic mass is 10.3. The summed E-state index contributed by atoms with van der Waals surface area (Å²) in [4.78, 5) is 11.7. The third-order valence-electron chi connectivity index (χ3n) is 2.30. The molecule has 0 amide bonds. The zero-order chi connectivity index (χ0) is 10.5. The van der Waals surface area contributed by atoms with E-state index in [9.17, 15) is 4.79 Å². The predicted molar refractivity (Wildman–Crippen MR) is 63.6 cm³/mol. The molecule has 0 saturated heterocycles. The number of fused-ring (bicyclic) bond motifs is 1. The molecular weight excluding hydrogens is 312 g/mol. The minimum atomic E-state index is -0.0207. The molecule has 3 nitrogen and oxygen atoms in total. The van der Waals surface area contributed by atoms with E-state index in [0.29, 0.717) is 0 Å². The van der Waals surface area contributed by atoms with Crippen molar-refractivity contribution in [2.75, 3.05) is 0 Å². The van der Waals surface area contributed by atoms with Gasteiger partial charge < -0.3 is 0 Å². The maximum Gasteiger partial charge on any atom is 0.328 e. The molecule has 1 aromatic carbocycles. The Morgan fingerprint density at radius 3 is 1.71 bits per heavy atom. The SMILES string of the molecule is Cn1c(=O)n(C)c2c(Br)ccc(Br)c21. The fraction of sp³-hybridized carbons (Fsp3) is 0.222. The highest BCUT2D eigenvalue weighted by molar-refractivity contribution is 9.11. The van der Waals surface area contributed by atoms with Crippen LogP contribution in [0.4, 0.5) is 0 Å². The highest BCUT2D eigenvalue weighted by Crippen LogP contribution is 2.28. The van der Waals surface area contributed by atoms with Gasteiger partial charge in [0.05, 0.1) is 11.0 Å². The molecule has 0 radical (unpaired) electrons. The number of halogens is 2. The van der Waals surface area contributed by atoms with Gasteiger partial charge in [0.15, 0.2) is 0 Å². The first-order chi connectivity index (χ1) is 6.54. The summed E-state index contributed by atoms with van der Waals surface area (Å²) < 4.78 is 5.11. The monoisotopic (exact) mass is 318 g/mol. The number of imidazole rings is 1. The maximum absolute atomic E-state index is 11.7. The van der Waals surface area contributed by atoms with Crippen LogP contribution in [0.1, 0.15) is 0 Å². The summed E-state index contributed by atoms with van der Waals surface area (Å²) in [7, 11) is 3.53. The fourth-order valence-corrected chi connectivity index (χ4v) is 2.76. The second-order valence-corrected chi connectivity index (χ2v) is 4.84. The first-order valence-corrected chi connectivity index (χ1v) is 5.62. The van der Waals surface area contributed by atoms with E-state index >= 15 is 0 Å². The number of benzene rings is 1. The van der Waals surface area contributed by atoms with Crippen molar-refractivity contribution < 1.29 is 0 Å². The van der Waals surface area contributed by atoms with Gasteiger partial charge in [-0.15, -0.1) is 0 Å². The molecular formula is C9H8Br2N2O. The van der Waals surface area contributed by atoms with Gasteiger partial charge >= 0.3 is 5.69 Å². The van der Waals surface area contributed by atoms with Gasteiger partial charge in [-0.1, -0.05) is 0 Å². The predicted octanol–water partition coefficient (Wildman–Crippen LogP) is 2.40. The Morgan fingerprint density at radius 1 is 1.00 bits per heavy atom. The standard InChI is InChI=1S/C9H8Br2N2O/c1-12-7-5(10)3-4-6(11)8(7)13(2)9(12)14/h3-4H,1-2H3. The number of nitrogens with zero attached hydrogens (tertiary/aromatic N) is 2. The maximum atomic E-state index is 11.7. The van der Waals surface area contributed by atoms with Crippen LogP contribution in [0.25, 0.3) is 11.0 Å². The van der Waals surface area contributed by atoms with Crippen LogP contribution < -0.4 is 5.69 Å². The summed E-state index contributed by atoms with van der Waals surface area (Å²) in [5, 5.41) is 0. The molecule has 0 N–H and O–H groups in total. The molecule has 0 atom stereocenters. The number of rotatable bonds is 0. The van der Waals surface area contributed by atoms with Crippen molar-refractivity contribution in [2.24, 2.45) is 14.1 Å². The average Bonchev–Trinajstić information content (AvgIpc) is 2.38. The zero-order valence-corrected chi connectivity index (χ0v) is 10.9. The second-order valence-electron chi connectivity index (χ2n) is 3.13. The van der Waals surface area contributed by atoms with Gasteiger partial charge in [-0.3, -0.25) is 9.13 Å². The normalized spacial score (nSPS) is 11.1. The Bertz CT molecular complexity index is 520. The quantitative estimate of drug-likeness (QED) is 0.732. The van der Waals surface area contributed by atoms with E-state index in [4.69, 9.17) is 0 Å². The van der Waals surface area contributed by atoms with Gasteiger partial charge in [0.1, 0.15) is 0 Å². The average molecular weight is 320 g/mol. The van der Waals surface area contributed by atoms with Crippen molar-refractivity contribution >= 4 is 42.9 Å². The summed E-state index contributed by atoms with van der Waals surface area (Å²) in [6.07, 6.45) is 0. The summed E-state index contributed by atoms with van der Waals surface area (Å²) in [6, 6.07) is 3.84. The van der Waals surface area contributed by atoms with Gasteiger partial charge in [-0.25, -0.2) is 4.79 Å². The van der Waals surface area contributed by atoms with E-state index in [1.807, 2.05) is 12.1 Å². The number of aromatic nitrogens is 2. The van der Waals surface area contributed by atoms with Crippen LogP contribution in [0, 0.1) is 0 Å². The van der Waals surface area contributed by atoms with Crippen molar-refractivity contribution in [1.29, 1.82) is 0 Å². The van der Waals surface area contributed by atoms with Crippen molar-refractivity contribution in [3.8, 4) is 0 Å². The van der Waals surface area contributed by atoms with Gasteiger partial charge in [0.25, 0.3) is 0 Å². The van der Waals surface area contributed by atoms with Gasteiger partial charge in [0.2, 0.25) is 0 Å². The first-order valence-electron chi connectivity index (χ1n) is 4.03. The van der Waals surface area contributed by atoms with Crippen molar-refractivity contribution in [3.05, 3.63) is 31.6 Å². The Morgan fingerprint density at radius 2 is 1.36 bits per heavy atom. The van der Waals surface area contributed by atoms with E-state index in [2.05, 4.69) is 31.9 Å². The molecule has 0 unspecified atom stereocenters. The number of hydrogen-bond donors (Lipinski definition) is 0. The minimum absolute atomic E-state index is 0.0207. The van der Waals surface area contributed by atoms with Crippen LogP contribution in [0.2, 0.25) is 0 Å². The molecule has 0 aliphatic heterocycles. The van der Waals surface area contributed by atoms with Crippen molar-refractivity contribution in [3.63, 3.8) is 0 Å². The van der Waals surface area contributed by atoms with E-state index in [0.717, 1.165) is 20.0 Å². The van der Waals surface area contributed by atoms with E-state index < -0.39 is 0 Å². The molecule has 1 aromatic heterocycles. The Kier molecular flexibility index (Phi) is 2.31. The van der Waals surface area contributed by atoms with Crippen LogP contribution in [0.3, 0.4) is 0 Å². The van der Waals surface area contributed by atoms with E-state index in [1.165, 1.54) is 0 Å². The van der Waals surface area contributed by atoms with Crippen molar-refractivity contribution in [1.82, 2.24) is 9.13 Å². The zero-order valence-electron chi connectivity index (χ0n) is 7.71. The molecule has 2 rings (SSSR count). The summed E-state index contributed by atoms with van der Waals surface area (Å²) in [6.45, 7) is 0. The van der Waals surface area contributed by atoms with Crippen LogP contribution in [-0.4, -0.2) is 9.13 Å². The fourth-order valence-electron chi connectivity index (χ4n) is 1.58. The van der Waals surface area contributed by atoms with Crippen molar-refractivity contribution in [2.45, 2.75) is 0 Å². The Labute approximate surface area is 97.6 Å². The van der Waals surface area contributed by atoms with Crippen LogP contribution in [0.15, 0.2) is 25.9 Å². The highest BCUT2D eigenvalue weighted by Gasteiger charge is 2.12. The third-order valence-corrected chi connectivity index (χ3v) is 3.58. The summed E-state index contributed by atoms with van der Waals surface area (Å²) in [5.41, 5.74) is 1.80. The van der Waals surface area contributed by atoms with E-state index in [1.54, 1.807) is 23.2 Å². The topological polar surface area (TPSA) is 26.9 Å². The molecule has 0 aliphatic carbocycles. The Balaban J connectivity index is 3.16. The lowest BCUT2D eigenvalue weighted by Gasteiger charge is -1.99. The number of hydrogen-bond acceptors (Lipinski definition) is 1. The molecule has 0 saturated carbocycles. The van der Waals surface area contributed by atoms with Crippen LogP contribution in [0.5, 0.6) is 0 Å². The minimum Gasteiger partial charge on any atom is -0.294 e. The molecule has 0 spiro atoms. The highest BCUT2D eigenvalue weighted by atomic mass is 79.9. The molecule has 5 heteroatoms. The lowest BCUT2D eigenvalue weighted by Crippen LogP contribution is -2.19. The smallest absolute Gasteiger partial charge is 0.294 e. The molecule has 14 heavy (non-hydrogen) atoms. The first kappa shape index (κ1) is 9.98. The third kappa shape index (κ3) is 1.19. The Hall–Kier alpha value is -0.550. The van der Waals surface area contributed by atoms with Gasteiger partial charge in [-0.2, -0.15) is 0 Å². The van der Waals surface area contributed by atoms with Gasteiger partial charge in [0, 0.05) is 23.0 Å². The van der Waals surface area contributed by atoms with E-state index in [-0.39, 0.29) is 5.69 Å². The summed E-state index contributed by atoms with van der Waals surface area (Å²) in [5.74, 6) is 0. The molecule has 1 heterocycles. The second kappa shape index (κ2) is 3.24. The molecule has 0 bridgehead atoms. The molecule has 0 aliphatic rings. The van der Waals surface area contributed by atoms with Gasteiger partial charge in [-0.05, 0) is 44.0 Å². The molecule has 0 fully saturated rings. The largest absolute Gasteiger partial charge is 0.328 e. The number of aryl methyl sites for hydroxylation is 2. The van der Waals surface area contributed by atoms with Crippen LogP contribution in [-0.2, 0) is 14.1 Å². The summed E-state index contributed by atoms with van der Waals surface area (Å²) >= 11 is 6.87. The lowest BCUT2D eigenvalue weighted by molar-refractivity contribution is 0.794.